The zero-order valence-corrected chi connectivity index (χ0v) is 11.0. The van der Waals surface area contributed by atoms with Crippen LogP contribution >= 0.6 is 11.6 Å². The van der Waals surface area contributed by atoms with E-state index in [0.29, 0.717) is 6.54 Å². The minimum atomic E-state index is -0.196. The van der Waals surface area contributed by atoms with Gasteiger partial charge in [-0.15, -0.1) is 11.6 Å². The molecule has 0 aliphatic carbocycles. The summed E-state index contributed by atoms with van der Waals surface area (Å²) in [5, 5.41) is 0. The van der Waals surface area contributed by atoms with E-state index in [4.69, 9.17) is 21.1 Å². The molecule has 0 bridgehead atoms. The van der Waals surface area contributed by atoms with Crippen molar-refractivity contribution in [2.75, 3.05) is 32.7 Å². The summed E-state index contributed by atoms with van der Waals surface area (Å²) in [6, 6.07) is 0. The number of hydrogen-bond donors (Lipinski definition) is 0. The van der Waals surface area contributed by atoms with Crippen LogP contribution in [0.25, 0.3) is 0 Å². The Hall–Kier alpha value is -0.320. The number of piperidine rings is 1. The standard InChI is InChI=1S/C12H20ClNO3/c1-16-10-3-6-17-12(7-10)4-2-5-14(9-12)11(15)8-13/h10H,2-9H2,1H3. The molecule has 98 valence electrons. The summed E-state index contributed by atoms with van der Waals surface area (Å²) in [7, 11) is 1.74. The zero-order chi connectivity index (χ0) is 12.3. The molecule has 0 aromatic carbocycles. The van der Waals surface area contributed by atoms with Gasteiger partial charge in [-0.25, -0.2) is 0 Å². The molecule has 1 spiro atoms. The van der Waals surface area contributed by atoms with Crippen LogP contribution < -0.4 is 0 Å². The largest absolute Gasteiger partial charge is 0.381 e. The summed E-state index contributed by atoms with van der Waals surface area (Å²) >= 11 is 5.61. The first-order valence-corrected chi connectivity index (χ1v) is 6.73. The summed E-state index contributed by atoms with van der Waals surface area (Å²) in [6.45, 7) is 2.19. The van der Waals surface area contributed by atoms with Gasteiger partial charge in [0, 0.05) is 33.2 Å². The highest BCUT2D eigenvalue weighted by molar-refractivity contribution is 6.27. The fraction of sp³-hybridized carbons (Fsp3) is 0.917. The van der Waals surface area contributed by atoms with Crippen molar-refractivity contribution in [2.24, 2.45) is 0 Å². The number of nitrogens with zero attached hydrogens (tertiary/aromatic N) is 1. The van der Waals surface area contributed by atoms with Crippen molar-refractivity contribution in [2.45, 2.75) is 37.4 Å². The van der Waals surface area contributed by atoms with Gasteiger partial charge in [0.25, 0.3) is 0 Å². The predicted molar refractivity (Wildman–Crippen MR) is 65.2 cm³/mol. The fourth-order valence-corrected chi connectivity index (χ4v) is 3.03. The van der Waals surface area contributed by atoms with Gasteiger partial charge in [0.2, 0.25) is 5.91 Å². The topological polar surface area (TPSA) is 38.8 Å². The summed E-state index contributed by atoms with van der Waals surface area (Å²) < 4.78 is 11.4. The summed E-state index contributed by atoms with van der Waals surface area (Å²) in [4.78, 5) is 13.5. The van der Waals surface area contributed by atoms with Crippen LogP contribution in [0.15, 0.2) is 0 Å². The van der Waals surface area contributed by atoms with E-state index in [-0.39, 0.29) is 23.5 Å². The van der Waals surface area contributed by atoms with Gasteiger partial charge < -0.3 is 14.4 Å². The van der Waals surface area contributed by atoms with Crippen LogP contribution in [0.3, 0.4) is 0 Å². The molecule has 5 heteroatoms. The summed E-state index contributed by atoms with van der Waals surface area (Å²) in [6.07, 6.45) is 4.09. The first-order valence-electron chi connectivity index (χ1n) is 6.19. The van der Waals surface area contributed by atoms with Crippen molar-refractivity contribution >= 4 is 17.5 Å². The lowest BCUT2D eigenvalue weighted by Gasteiger charge is -2.46. The van der Waals surface area contributed by atoms with Crippen LogP contribution in [0.4, 0.5) is 0 Å². The van der Waals surface area contributed by atoms with Crippen LogP contribution in [-0.2, 0) is 14.3 Å². The third kappa shape index (κ3) is 2.92. The van der Waals surface area contributed by atoms with Crippen LogP contribution in [0.2, 0.25) is 0 Å². The third-order valence-corrected chi connectivity index (χ3v) is 4.02. The van der Waals surface area contributed by atoms with Crippen molar-refractivity contribution in [3.8, 4) is 0 Å². The molecule has 0 N–H and O–H groups in total. The van der Waals surface area contributed by atoms with E-state index in [1.165, 1.54) is 0 Å². The first-order chi connectivity index (χ1) is 8.19. The van der Waals surface area contributed by atoms with Crippen LogP contribution in [-0.4, -0.2) is 55.2 Å². The van der Waals surface area contributed by atoms with Crippen molar-refractivity contribution in [3.05, 3.63) is 0 Å². The number of hydrogen-bond acceptors (Lipinski definition) is 3. The Morgan fingerprint density at radius 2 is 2.47 bits per heavy atom. The molecule has 17 heavy (non-hydrogen) atoms. The van der Waals surface area contributed by atoms with Gasteiger partial charge in [-0.3, -0.25) is 4.79 Å². The SMILES string of the molecule is COC1CCOC2(CCCN(C(=O)CCl)C2)C1. The third-order valence-electron chi connectivity index (χ3n) is 3.79. The monoisotopic (exact) mass is 261 g/mol. The fourth-order valence-electron chi connectivity index (χ4n) is 2.86. The Kier molecular flexibility index (Phi) is 4.28. The van der Waals surface area contributed by atoms with E-state index in [2.05, 4.69) is 0 Å². The molecule has 2 aliphatic rings. The van der Waals surface area contributed by atoms with Gasteiger partial charge in [0.05, 0.1) is 11.7 Å². The summed E-state index contributed by atoms with van der Waals surface area (Å²) in [5.74, 6) is 0.0675. The van der Waals surface area contributed by atoms with Crippen LogP contribution in [0.5, 0.6) is 0 Å². The Morgan fingerprint density at radius 3 is 3.18 bits per heavy atom. The van der Waals surface area contributed by atoms with Crippen LogP contribution in [0.1, 0.15) is 25.7 Å². The molecule has 4 nitrogen and oxygen atoms in total. The normalized spacial score (nSPS) is 34.0. The van der Waals surface area contributed by atoms with Gasteiger partial charge in [0.1, 0.15) is 5.88 Å². The molecule has 2 rings (SSSR count). The van der Waals surface area contributed by atoms with E-state index < -0.39 is 0 Å². The Balaban J connectivity index is 2.01. The smallest absolute Gasteiger partial charge is 0.237 e. The highest BCUT2D eigenvalue weighted by atomic mass is 35.5. The number of ether oxygens (including phenoxy) is 2. The molecule has 1 amide bonds. The van der Waals surface area contributed by atoms with Gasteiger partial charge in [0.15, 0.2) is 0 Å². The van der Waals surface area contributed by atoms with Gasteiger partial charge in [-0.05, 0) is 19.3 Å². The number of rotatable bonds is 2. The number of methoxy groups -OCH3 is 1. The average molecular weight is 262 g/mol. The van der Waals surface area contributed by atoms with Gasteiger partial charge in [-0.2, -0.15) is 0 Å². The van der Waals surface area contributed by atoms with Gasteiger partial charge >= 0.3 is 0 Å². The van der Waals surface area contributed by atoms with E-state index in [1.807, 2.05) is 4.90 Å². The molecule has 2 atom stereocenters. The minimum absolute atomic E-state index is 0.00822. The molecule has 0 aromatic rings. The summed E-state index contributed by atoms with van der Waals surface area (Å²) in [5.41, 5.74) is -0.196. The first kappa shape index (κ1) is 13.1. The van der Waals surface area contributed by atoms with Crippen molar-refractivity contribution in [1.82, 2.24) is 4.90 Å². The zero-order valence-electron chi connectivity index (χ0n) is 10.3. The molecular weight excluding hydrogens is 242 g/mol. The van der Waals surface area contributed by atoms with Crippen molar-refractivity contribution in [3.63, 3.8) is 0 Å². The lowest BCUT2D eigenvalue weighted by Crippen LogP contribution is -2.55. The lowest BCUT2D eigenvalue weighted by molar-refractivity contribution is -0.162. The average Bonchev–Trinajstić information content (AvgIpc) is 2.38. The molecule has 0 radical (unpaired) electrons. The van der Waals surface area contributed by atoms with E-state index in [0.717, 1.165) is 38.8 Å². The number of halogens is 1. The second-order valence-electron chi connectivity index (χ2n) is 4.93. The van der Waals surface area contributed by atoms with Crippen molar-refractivity contribution in [1.29, 1.82) is 0 Å². The quantitative estimate of drug-likeness (QED) is 0.706. The maximum Gasteiger partial charge on any atom is 0.237 e. The maximum atomic E-state index is 11.7. The van der Waals surface area contributed by atoms with E-state index in [9.17, 15) is 4.79 Å². The second-order valence-corrected chi connectivity index (χ2v) is 5.20. The number of carbonyl (C=O) groups is 1. The van der Waals surface area contributed by atoms with Gasteiger partial charge in [-0.1, -0.05) is 0 Å². The highest BCUT2D eigenvalue weighted by Crippen LogP contribution is 2.34. The molecule has 0 saturated carbocycles. The molecule has 2 aliphatic heterocycles. The second kappa shape index (κ2) is 5.55. The van der Waals surface area contributed by atoms with Crippen molar-refractivity contribution < 1.29 is 14.3 Å². The van der Waals surface area contributed by atoms with Crippen LogP contribution in [0, 0.1) is 0 Å². The molecule has 0 aromatic heterocycles. The Bertz CT molecular complexity index is 283. The Morgan fingerprint density at radius 1 is 1.65 bits per heavy atom. The Labute approximate surface area is 107 Å². The molecular formula is C12H20ClNO3. The predicted octanol–water partition coefficient (Wildman–Crippen LogP) is 1.41. The highest BCUT2D eigenvalue weighted by Gasteiger charge is 2.42. The number of likely N-dealkylation sites (tertiary alicyclic amines) is 1. The number of alkyl halides is 1. The molecule has 2 saturated heterocycles. The lowest BCUT2D eigenvalue weighted by atomic mass is 9.84. The van der Waals surface area contributed by atoms with E-state index >= 15 is 0 Å². The minimum Gasteiger partial charge on any atom is -0.381 e. The number of amides is 1. The number of carbonyl (C=O) groups excluding carboxylic acids is 1. The van der Waals surface area contributed by atoms with E-state index in [1.54, 1.807) is 7.11 Å². The molecule has 2 unspecified atom stereocenters. The molecule has 2 heterocycles. The molecule has 2 fully saturated rings. The maximum absolute atomic E-state index is 11.7.